The average molecular weight is 137 g/mol. The van der Waals surface area contributed by atoms with E-state index in [-0.39, 0.29) is 0 Å². The van der Waals surface area contributed by atoms with Gasteiger partial charge in [-0.1, -0.05) is 0 Å². The van der Waals surface area contributed by atoms with Crippen LogP contribution in [0.25, 0.3) is 0 Å². The van der Waals surface area contributed by atoms with E-state index in [0.717, 1.165) is 0 Å². The molecule has 8 heavy (non-hydrogen) atoms. The van der Waals surface area contributed by atoms with Crippen molar-refractivity contribution in [2.75, 3.05) is 0 Å². The van der Waals surface area contributed by atoms with Gasteiger partial charge < -0.3 is 5.73 Å². The zero-order valence-corrected chi connectivity index (χ0v) is 5.22. The third kappa shape index (κ3) is 2.04. The van der Waals surface area contributed by atoms with Crippen LogP contribution in [0, 0.1) is 0 Å². The number of carbonyl (C=O) groups excluding carboxylic acids is 1. The lowest BCUT2D eigenvalue weighted by Crippen LogP contribution is -2.27. The van der Waals surface area contributed by atoms with Gasteiger partial charge in [0.1, 0.15) is 0 Å². The number of carbonyl (C=O) groups is 1. The molecule has 0 rings (SSSR count). The Morgan fingerprint density at radius 3 is 2.00 bits per heavy atom. The molecule has 0 saturated heterocycles. The lowest BCUT2D eigenvalue weighted by atomic mass is 10.4. The minimum Gasteiger partial charge on any atom is -0.321 e. The molecular weight excluding hydrogens is 130 g/mol. The van der Waals surface area contributed by atoms with Gasteiger partial charge in [-0.15, -0.1) is 0 Å². The summed E-state index contributed by atoms with van der Waals surface area (Å²) >= 11 is 0. The Morgan fingerprint density at radius 1 is 1.62 bits per heavy atom. The van der Waals surface area contributed by atoms with E-state index in [1.54, 1.807) is 0 Å². The van der Waals surface area contributed by atoms with Gasteiger partial charge in [-0.2, -0.15) is 0 Å². The monoisotopic (exact) mass is 137 g/mol. The summed E-state index contributed by atoms with van der Waals surface area (Å²) in [5, 5.41) is -0.917. The summed E-state index contributed by atoms with van der Waals surface area (Å²) in [4.78, 5) is 10.1. The molecule has 0 bridgehead atoms. The topological polar surface area (TPSA) is 77.2 Å². The van der Waals surface area contributed by atoms with Crippen LogP contribution in [-0.2, 0) is 15.5 Å². The second kappa shape index (κ2) is 2.78. The van der Waals surface area contributed by atoms with Gasteiger partial charge in [-0.3, -0.25) is 4.79 Å². The molecule has 5 heteroatoms. The molecule has 48 valence electrons. The predicted octanol–water partition coefficient (Wildman–Crippen LogP) is -1.53. The Balaban J connectivity index is 4.05. The van der Waals surface area contributed by atoms with Crippen molar-refractivity contribution in [3.05, 3.63) is 0 Å². The third-order valence-corrected chi connectivity index (χ3v) is 1.34. The summed E-state index contributed by atoms with van der Waals surface area (Å²) in [6.45, 7) is 1.33. The van der Waals surface area contributed by atoms with E-state index in [9.17, 15) is 13.2 Å². The number of rotatable bonds is 1. The summed E-state index contributed by atoms with van der Waals surface area (Å²) in [6.07, 6.45) is 0. The molecule has 0 aromatic heterocycles. The third-order valence-electron chi connectivity index (χ3n) is 0.569. The van der Waals surface area contributed by atoms with Crippen molar-refractivity contribution in [1.82, 2.24) is 0 Å². The van der Waals surface area contributed by atoms with Crippen molar-refractivity contribution in [2.24, 2.45) is 5.73 Å². The minimum atomic E-state index is -2.97. The first-order valence-corrected chi connectivity index (χ1v) is 3.17. The first-order chi connectivity index (χ1) is 3.55. The summed E-state index contributed by atoms with van der Waals surface area (Å²) in [6, 6.07) is -0.892. The highest BCUT2D eigenvalue weighted by molar-refractivity contribution is 7.89. The zero-order valence-electron chi connectivity index (χ0n) is 4.33. The fraction of sp³-hybridized carbons (Fsp3) is 0.667. The van der Waals surface area contributed by atoms with Crippen LogP contribution in [0.2, 0.25) is 0 Å². The largest absolute Gasteiger partial charge is 0.321 e. The second-order valence-corrected chi connectivity index (χ2v) is 2.34. The lowest BCUT2D eigenvalue weighted by Gasteiger charge is -1.91. The molecule has 0 heterocycles. The molecule has 0 spiro atoms. The highest BCUT2D eigenvalue weighted by Crippen LogP contribution is 1.77. The van der Waals surface area contributed by atoms with Crippen LogP contribution < -0.4 is 5.73 Å². The summed E-state index contributed by atoms with van der Waals surface area (Å²) in [5.41, 5.74) is 4.90. The smallest absolute Gasteiger partial charge is 0.259 e. The normalized spacial score (nSPS) is 13.9. The number of thiol groups is 1. The van der Waals surface area contributed by atoms with Gasteiger partial charge in [0.05, 0.1) is 6.04 Å². The molecule has 0 saturated carbocycles. The van der Waals surface area contributed by atoms with Crippen LogP contribution in [-0.4, -0.2) is 19.6 Å². The van der Waals surface area contributed by atoms with Crippen LogP contribution in [0.4, 0.5) is 0 Å². The minimum absolute atomic E-state index is 0.892. The number of nitrogens with two attached hydrogens (primary N) is 1. The van der Waals surface area contributed by atoms with Crippen LogP contribution in [0.5, 0.6) is 0 Å². The van der Waals surface area contributed by atoms with E-state index in [4.69, 9.17) is 5.73 Å². The molecule has 4 nitrogen and oxygen atoms in total. The Hall–Kier alpha value is -0.420. The Bertz CT molecular complexity index is 152. The van der Waals surface area contributed by atoms with Gasteiger partial charge in [0.15, 0.2) is 0 Å². The standard InChI is InChI=1S/C3H7NO3S/c1-2(4)3(5)8(6)7/h2,8H,4H2,1H3. The van der Waals surface area contributed by atoms with E-state index in [2.05, 4.69) is 0 Å². The lowest BCUT2D eigenvalue weighted by molar-refractivity contribution is -0.112. The Labute approximate surface area is 48.6 Å². The maximum Gasteiger partial charge on any atom is 0.259 e. The van der Waals surface area contributed by atoms with E-state index >= 15 is 0 Å². The first-order valence-electron chi connectivity index (χ1n) is 1.99. The van der Waals surface area contributed by atoms with Crippen molar-refractivity contribution < 1.29 is 13.2 Å². The van der Waals surface area contributed by atoms with Gasteiger partial charge in [-0.25, -0.2) is 8.42 Å². The quantitative estimate of drug-likeness (QED) is 0.430. The van der Waals surface area contributed by atoms with Crippen LogP contribution >= 0.6 is 0 Å². The molecule has 0 aromatic carbocycles. The summed E-state index contributed by atoms with van der Waals surface area (Å²) in [5.74, 6) is 0. The molecule has 2 N–H and O–H groups in total. The van der Waals surface area contributed by atoms with Gasteiger partial charge >= 0.3 is 0 Å². The average Bonchev–Trinajstić information content (AvgIpc) is 1.64. The predicted molar refractivity (Wildman–Crippen MR) is 29.0 cm³/mol. The Kier molecular flexibility index (Phi) is 2.64. The number of hydrogen-bond acceptors (Lipinski definition) is 4. The van der Waals surface area contributed by atoms with Gasteiger partial charge in [0, 0.05) is 0 Å². The van der Waals surface area contributed by atoms with E-state index in [1.807, 2.05) is 0 Å². The summed E-state index contributed by atoms with van der Waals surface area (Å²) < 4.78 is 19.5. The fourth-order valence-corrected chi connectivity index (χ4v) is 0.499. The van der Waals surface area contributed by atoms with Crippen molar-refractivity contribution in [2.45, 2.75) is 13.0 Å². The highest BCUT2D eigenvalue weighted by atomic mass is 32.2. The van der Waals surface area contributed by atoms with Gasteiger partial charge in [0.2, 0.25) is 10.7 Å². The Morgan fingerprint density at radius 2 is 2.00 bits per heavy atom. The first kappa shape index (κ1) is 7.58. The van der Waals surface area contributed by atoms with Crippen LogP contribution in [0.15, 0.2) is 0 Å². The molecule has 0 aliphatic rings. The van der Waals surface area contributed by atoms with Crippen LogP contribution in [0.3, 0.4) is 0 Å². The van der Waals surface area contributed by atoms with Crippen molar-refractivity contribution in [1.29, 1.82) is 0 Å². The maximum atomic E-state index is 10.1. The molecule has 1 atom stereocenters. The SMILES string of the molecule is CC(N)C(=O)[SH](=O)=O. The van der Waals surface area contributed by atoms with E-state index in [1.165, 1.54) is 6.92 Å². The van der Waals surface area contributed by atoms with Gasteiger partial charge in [0.25, 0.3) is 5.12 Å². The van der Waals surface area contributed by atoms with E-state index in [0.29, 0.717) is 0 Å². The highest BCUT2D eigenvalue weighted by Gasteiger charge is 2.08. The maximum absolute atomic E-state index is 10.1. The van der Waals surface area contributed by atoms with Crippen LogP contribution in [0.1, 0.15) is 6.92 Å². The molecule has 1 unspecified atom stereocenters. The molecule has 0 radical (unpaired) electrons. The molecular formula is C3H7NO3S. The fourth-order valence-electron chi connectivity index (χ4n) is 0.166. The zero-order chi connectivity index (χ0) is 6.73. The second-order valence-electron chi connectivity index (χ2n) is 1.38. The molecule has 0 aliphatic heterocycles. The van der Waals surface area contributed by atoms with E-state index < -0.39 is 21.9 Å². The number of hydrogen-bond donors (Lipinski definition) is 2. The molecule has 0 aliphatic carbocycles. The molecule has 0 aromatic rings. The summed E-state index contributed by atoms with van der Waals surface area (Å²) in [7, 11) is -2.97. The van der Waals surface area contributed by atoms with Gasteiger partial charge in [-0.05, 0) is 6.92 Å². The van der Waals surface area contributed by atoms with Crippen molar-refractivity contribution in [3.63, 3.8) is 0 Å². The molecule has 0 amide bonds. The van der Waals surface area contributed by atoms with Crippen molar-refractivity contribution >= 4 is 15.8 Å². The van der Waals surface area contributed by atoms with Crippen molar-refractivity contribution in [3.8, 4) is 0 Å². The molecule has 0 fully saturated rings.